The summed E-state index contributed by atoms with van der Waals surface area (Å²) in [6.45, 7) is 3.71. The summed E-state index contributed by atoms with van der Waals surface area (Å²) in [4.78, 5) is 10.2. The molecule has 56 valence electrons. The number of nitrogens with two attached hydrogens (primary N) is 1. The van der Waals surface area contributed by atoms with E-state index in [0.717, 1.165) is 12.0 Å². The smallest absolute Gasteiger partial charge is 0.320 e. The van der Waals surface area contributed by atoms with Crippen LogP contribution >= 0.6 is 0 Å². The van der Waals surface area contributed by atoms with Gasteiger partial charge in [0, 0.05) is 0 Å². The zero-order valence-electron chi connectivity index (χ0n) is 5.71. The minimum atomic E-state index is -0.917. The highest BCUT2D eigenvalue weighted by Crippen LogP contribution is 2.39. The summed E-state index contributed by atoms with van der Waals surface area (Å²) in [5, 5.41) is 8.39. The van der Waals surface area contributed by atoms with Gasteiger partial charge < -0.3 is 10.8 Å². The molecule has 0 bridgehead atoms. The van der Waals surface area contributed by atoms with Gasteiger partial charge in [0.1, 0.15) is 6.04 Å². The van der Waals surface area contributed by atoms with Crippen LogP contribution in [0.2, 0.25) is 0 Å². The zero-order valence-corrected chi connectivity index (χ0v) is 5.71. The fraction of sp³-hybridized carbons (Fsp3) is 0.571. The SMILES string of the molecule is C=C1C[C@H]1CC(N)C(=O)O. The molecule has 0 radical (unpaired) electrons. The number of hydrogen-bond acceptors (Lipinski definition) is 2. The van der Waals surface area contributed by atoms with Gasteiger partial charge in [-0.3, -0.25) is 4.79 Å². The Morgan fingerprint density at radius 2 is 2.50 bits per heavy atom. The maximum atomic E-state index is 10.2. The Bertz CT molecular complexity index is 176. The van der Waals surface area contributed by atoms with Crippen LogP contribution in [0.15, 0.2) is 12.2 Å². The van der Waals surface area contributed by atoms with Crippen molar-refractivity contribution in [1.82, 2.24) is 0 Å². The Morgan fingerprint density at radius 3 is 2.80 bits per heavy atom. The molecule has 1 unspecified atom stereocenters. The van der Waals surface area contributed by atoms with Crippen LogP contribution in [-0.4, -0.2) is 17.1 Å². The largest absolute Gasteiger partial charge is 0.480 e. The molecule has 0 heterocycles. The van der Waals surface area contributed by atoms with Crippen LogP contribution in [0.3, 0.4) is 0 Å². The van der Waals surface area contributed by atoms with E-state index in [1.165, 1.54) is 0 Å². The van der Waals surface area contributed by atoms with E-state index in [1.807, 2.05) is 0 Å². The summed E-state index contributed by atoms with van der Waals surface area (Å²) in [7, 11) is 0. The number of aliphatic carboxylic acids is 1. The Hall–Kier alpha value is -0.830. The Labute approximate surface area is 59.5 Å². The number of hydrogen-bond donors (Lipinski definition) is 2. The molecular formula is C7H11NO2. The molecule has 0 aromatic rings. The molecule has 0 amide bonds. The summed E-state index contributed by atoms with van der Waals surface area (Å²) in [5.74, 6) is -0.536. The van der Waals surface area contributed by atoms with Crippen LogP contribution in [0.1, 0.15) is 12.8 Å². The molecule has 1 saturated carbocycles. The Balaban J connectivity index is 2.25. The van der Waals surface area contributed by atoms with Gasteiger partial charge in [-0.15, -0.1) is 0 Å². The van der Waals surface area contributed by atoms with E-state index in [1.54, 1.807) is 0 Å². The lowest BCUT2D eigenvalue weighted by atomic mass is 10.1. The molecule has 2 atom stereocenters. The van der Waals surface area contributed by atoms with Crippen molar-refractivity contribution < 1.29 is 9.90 Å². The molecular weight excluding hydrogens is 130 g/mol. The van der Waals surface area contributed by atoms with Crippen LogP contribution in [0, 0.1) is 5.92 Å². The first-order valence-corrected chi connectivity index (χ1v) is 3.27. The predicted octanol–water partition coefficient (Wildman–Crippen LogP) is 0.365. The third-order valence-corrected chi connectivity index (χ3v) is 1.78. The van der Waals surface area contributed by atoms with Crippen molar-refractivity contribution in [3.63, 3.8) is 0 Å². The van der Waals surface area contributed by atoms with Crippen molar-refractivity contribution in [3.05, 3.63) is 12.2 Å². The highest BCUT2D eigenvalue weighted by atomic mass is 16.4. The fourth-order valence-electron chi connectivity index (χ4n) is 0.915. The molecule has 0 saturated heterocycles. The third kappa shape index (κ3) is 1.57. The van der Waals surface area contributed by atoms with Crippen LogP contribution in [0.5, 0.6) is 0 Å². The maximum Gasteiger partial charge on any atom is 0.320 e. The van der Waals surface area contributed by atoms with Gasteiger partial charge in [0.15, 0.2) is 0 Å². The van der Waals surface area contributed by atoms with E-state index >= 15 is 0 Å². The Kier molecular flexibility index (Phi) is 1.76. The molecule has 1 aliphatic carbocycles. The average molecular weight is 141 g/mol. The van der Waals surface area contributed by atoms with Crippen LogP contribution in [0.25, 0.3) is 0 Å². The van der Waals surface area contributed by atoms with Crippen molar-refractivity contribution in [2.75, 3.05) is 0 Å². The first-order valence-electron chi connectivity index (χ1n) is 3.27. The molecule has 0 aliphatic heterocycles. The van der Waals surface area contributed by atoms with Gasteiger partial charge in [-0.1, -0.05) is 12.2 Å². The molecule has 1 aliphatic rings. The summed E-state index contributed by atoms with van der Waals surface area (Å²) in [6, 6.07) is -0.704. The second-order valence-corrected chi connectivity index (χ2v) is 2.74. The van der Waals surface area contributed by atoms with Crippen molar-refractivity contribution >= 4 is 5.97 Å². The second kappa shape index (κ2) is 2.42. The molecule has 0 aromatic carbocycles. The van der Waals surface area contributed by atoms with Crippen LogP contribution < -0.4 is 5.73 Å². The molecule has 0 aromatic heterocycles. The zero-order chi connectivity index (χ0) is 7.72. The topological polar surface area (TPSA) is 63.3 Å². The molecule has 10 heavy (non-hydrogen) atoms. The first kappa shape index (κ1) is 7.28. The van der Waals surface area contributed by atoms with Crippen LogP contribution in [0.4, 0.5) is 0 Å². The van der Waals surface area contributed by atoms with Crippen molar-refractivity contribution in [2.45, 2.75) is 18.9 Å². The molecule has 3 N–H and O–H groups in total. The number of carbonyl (C=O) groups is 1. The maximum absolute atomic E-state index is 10.2. The summed E-state index contributed by atoms with van der Waals surface area (Å²) >= 11 is 0. The van der Waals surface area contributed by atoms with E-state index in [9.17, 15) is 4.79 Å². The monoisotopic (exact) mass is 141 g/mol. The average Bonchev–Trinajstić information content (AvgIpc) is 2.46. The van der Waals surface area contributed by atoms with E-state index in [4.69, 9.17) is 10.8 Å². The minimum Gasteiger partial charge on any atom is -0.480 e. The van der Waals surface area contributed by atoms with Gasteiger partial charge in [-0.25, -0.2) is 0 Å². The van der Waals surface area contributed by atoms with Gasteiger partial charge in [0.05, 0.1) is 0 Å². The third-order valence-electron chi connectivity index (χ3n) is 1.78. The lowest BCUT2D eigenvalue weighted by Gasteiger charge is -2.02. The number of rotatable bonds is 3. The molecule has 3 heteroatoms. The lowest BCUT2D eigenvalue weighted by molar-refractivity contribution is -0.138. The number of carboxylic acids is 1. The quantitative estimate of drug-likeness (QED) is 0.558. The van der Waals surface area contributed by atoms with E-state index in [-0.39, 0.29) is 0 Å². The summed E-state index contributed by atoms with van der Waals surface area (Å²) < 4.78 is 0. The van der Waals surface area contributed by atoms with Crippen molar-refractivity contribution in [3.8, 4) is 0 Å². The Morgan fingerprint density at radius 1 is 2.00 bits per heavy atom. The van der Waals surface area contributed by atoms with Crippen molar-refractivity contribution in [1.29, 1.82) is 0 Å². The number of allylic oxidation sites excluding steroid dienone is 1. The highest BCUT2D eigenvalue weighted by molar-refractivity contribution is 5.73. The molecule has 0 spiro atoms. The summed E-state index contributed by atoms with van der Waals surface area (Å²) in [5.41, 5.74) is 6.41. The predicted molar refractivity (Wildman–Crippen MR) is 37.5 cm³/mol. The normalized spacial score (nSPS) is 26.1. The fourth-order valence-corrected chi connectivity index (χ4v) is 0.915. The second-order valence-electron chi connectivity index (χ2n) is 2.74. The first-order chi connectivity index (χ1) is 4.61. The lowest BCUT2D eigenvalue weighted by Crippen LogP contribution is -2.30. The van der Waals surface area contributed by atoms with Gasteiger partial charge in [-0.05, 0) is 18.8 Å². The van der Waals surface area contributed by atoms with E-state index in [0.29, 0.717) is 12.3 Å². The van der Waals surface area contributed by atoms with E-state index in [2.05, 4.69) is 6.58 Å². The molecule has 1 rings (SSSR count). The summed E-state index contributed by atoms with van der Waals surface area (Å²) in [6.07, 6.45) is 1.51. The van der Waals surface area contributed by atoms with E-state index < -0.39 is 12.0 Å². The number of carboxylic acid groups (broad SMARTS) is 1. The van der Waals surface area contributed by atoms with Crippen molar-refractivity contribution in [2.24, 2.45) is 11.7 Å². The van der Waals surface area contributed by atoms with Gasteiger partial charge in [-0.2, -0.15) is 0 Å². The van der Waals surface area contributed by atoms with Gasteiger partial charge in [0.2, 0.25) is 0 Å². The van der Waals surface area contributed by atoms with Gasteiger partial charge in [0.25, 0.3) is 0 Å². The standard InChI is InChI=1S/C7H11NO2/c1-4-2-5(4)3-6(8)7(9)10/h5-6H,1-3,8H2,(H,9,10)/t5-,6?/m0/s1. The molecule has 1 fully saturated rings. The van der Waals surface area contributed by atoms with Gasteiger partial charge >= 0.3 is 5.97 Å². The van der Waals surface area contributed by atoms with Crippen LogP contribution in [-0.2, 0) is 4.79 Å². The molecule has 3 nitrogen and oxygen atoms in total. The highest BCUT2D eigenvalue weighted by Gasteiger charge is 2.30. The minimum absolute atomic E-state index is 0.381.